The Balaban J connectivity index is 2.40. The van der Waals surface area contributed by atoms with Crippen molar-refractivity contribution in [1.29, 1.82) is 0 Å². The van der Waals surface area contributed by atoms with E-state index in [2.05, 4.69) is 0 Å². The smallest absolute Gasteiger partial charge is 0.109 e. The lowest BCUT2D eigenvalue weighted by Gasteiger charge is -2.15. The third-order valence-corrected chi connectivity index (χ3v) is 1.58. The molecule has 3 atom stereocenters. The van der Waals surface area contributed by atoms with E-state index >= 15 is 0 Å². The van der Waals surface area contributed by atoms with Gasteiger partial charge in [0, 0.05) is 6.61 Å². The quantitative estimate of drug-likeness (QED) is 0.506. The fourth-order valence-electron chi connectivity index (χ4n) is 1.06. The molecule has 1 heterocycles. The predicted molar refractivity (Wildman–Crippen MR) is 32.0 cm³/mol. The molecule has 0 aromatic carbocycles. The molecule has 3 nitrogen and oxygen atoms in total. The fraction of sp³-hybridized carbons (Fsp3) is 1.00. The molecule has 3 heteroatoms. The molecule has 9 heavy (non-hydrogen) atoms. The standard InChI is InChI=1S/C6H12O3/c1-4(7)6-5(8)2-3-9-6/h4-8H,2-3H2,1H3. The number of hydrogen-bond acceptors (Lipinski definition) is 3. The molecule has 0 aromatic heterocycles. The molecular weight excluding hydrogens is 120 g/mol. The van der Waals surface area contributed by atoms with E-state index in [1.165, 1.54) is 0 Å². The van der Waals surface area contributed by atoms with Crippen LogP contribution in [0.3, 0.4) is 0 Å². The van der Waals surface area contributed by atoms with Crippen molar-refractivity contribution >= 4 is 0 Å². The van der Waals surface area contributed by atoms with Crippen LogP contribution in [-0.2, 0) is 4.74 Å². The summed E-state index contributed by atoms with van der Waals surface area (Å²) < 4.78 is 5.03. The Morgan fingerprint density at radius 1 is 1.67 bits per heavy atom. The van der Waals surface area contributed by atoms with Crippen LogP contribution in [-0.4, -0.2) is 35.1 Å². The first-order valence-electron chi connectivity index (χ1n) is 3.19. The van der Waals surface area contributed by atoms with E-state index in [9.17, 15) is 0 Å². The van der Waals surface area contributed by atoms with Crippen LogP contribution in [0.2, 0.25) is 0 Å². The Bertz CT molecular complexity index is 92.3. The molecule has 0 saturated carbocycles. The van der Waals surface area contributed by atoms with Gasteiger partial charge in [-0.1, -0.05) is 0 Å². The van der Waals surface area contributed by atoms with E-state index < -0.39 is 12.2 Å². The van der Waals surface area contributed by atoms with Crippen molar-refractivity contribution in [2.24, 2.45) is 0 Å². The van der Waals surface area contributed by atoms with Crippen LogP contribution in [0.15, 0.2) is 0 Å². The summed E-state index contributed by atoms with van der Waals surface area (Å²) in [6.45, 7) is 2.19. The molecule has 54 valence electrons. The molecule has 0 radical (unpaired) electrons. The first kappa shape index (κ1) is 6.99. The van der Waals surface area contributed by atoms with Gasteiger partial charge in [0.1, 0.15) is 6.10 Å². The highest BCUT2D eigenvalue weighted by atomic mass is 16.5. The largest absolute Gasteiger partial charge is 0.391 e. The molecule has 0 aromatic rings. The average molecular weight is 132 g/mol. The van der Waals surface area contributed by atoms with Gasteiger partial charge in [0.25, 0.3) is 0 Å². The minimum Gasteiger partial charge on any atom is -0.391 e. The maximum atomic E-state index is 9.07. The maximum absolute atomic E-state index is 9.07. The molecule has 3 unspecified atom stereocenters. The van der Waals surface area contributed by atoms with Gasteiger partial charge in [0.05, 0.1) is 12.2 Å². The van der Waals surface area contributed by atoms with Gasteiger partial charge < -0.3 is 14.9 Å². The van der Waals surface area contributed by atoms with Crippen molar-refractivity contribution in [1.82, 2.24) is 0 Å². The minimum atomic E-state index is -0.553. The zero-order valence-corrected chi connectivity index (χ0v) is 5.45. The van der Waals surface area contributed by atoms with Gasteiger partial charge >= 0.3 is 0 Å². The summed E-state index contributed by atoms with van der Waals surface area (Å²) in [6, 6.07) is 0. The lowest BCUT2D eigenvalue weighted by atomic mass is 10.1. The molecular formula is C6H12O3. The van der Waals surface area contributed by atoms with E-state index in [-0.39, 0.29) is 6.10 Å². The lowest BCUT2D eigenvalue weighted by Crippen LogP contribution is -2.31. The van der Waals surface area contributed by atoms with Gasteiger partial charge in [-0.3, -0.25) is 0 Å². The van der Waals surface area contributed by atoms with Crippen molar-refractivity contribution in [2.75, 3.05) is 6.61 Å². The van der Waals surface area contributed by atoms with Gasteiger partial charge in [-0.05, 0) is 13.3 Å². The monoisotopic (exact) mass is 132 g/mol. The maximum Gasteiger partial charge on any atom is 0.109 e. The number of aliphatic hydroxyl groups excluding tert-OH is 2. The first-order chi connectivity index (χ1) is 4.22. The molecule has 0 amide bonds. The van der Waals surface area contributed by atoms with E-state index in [1.807, 2.05) is 0 Å². The minimum absolute atomic E-state index is 0.356. The Morgan fingerprint density at radius 3 is 2.56 bits per heavy atom. The molecule has 1 aliphatic rings. The molecule has 1 saturated heterocycles. The Hall–Kier alpha value is -0.120. The molecule has 0 spiro atoms. The van der Waals surface area contributed by atoms with E-state index in [1.54, 1.807) is 6.92 Å². The second-order valence-corrected chi connectivity index (χ2v) is 2.43. The number of hydrogen-bond donors (Lipinski definition) is 2. The highest BCUT2D eigenvalue weighted by Crippen LogP contribution is 2.15. The van der Waals surface area contributed by atoms with E-state index in [0.717, 1.165) is 0 Å². The zero-order valence-electron chi connectivity index (χ0n) is 5.45. The summed E-state index contributed by atoms with van der Waals surface area (Å²) in [4.78, 5) is 0. The van der Waals surface area contributed by atoms with E-state index in [4.69, 9.17) is 14.9 Å². The third kappa shape index (κ3) is 1.41. The molecule has 0 aliphatic carbocycles. The van der Waals surface area contributed by atoms with Crippen LogP contribution >= 0.6 is 0 Å². The summed E-state index contributed by atoms with van der Waals surface area (Å²) in [6.07, 6.45) is -0.729. The van der Waals surface area contributed by atoms with Gasteiger partial charge in [0.2, 0.25) is 0 Å². The van der Waals surface area contributed by atoms with Gasteiger partial charge in [-0.15, -0.1) is 0 Å². The van der Waals surface area contributed by atoms with Crippen LogP contribution in [0.1, 0.15) is 13.3 Å². The average Bonchev–Trinajstić information content (AvgIpc) is 2.13. The third-order valence-electron chi connectivity index (χ3n) is 1.58. The van der Waals surface area contributed by atoms with Crippen molar-refractivity contribution in [3.8, 4) is 0 Å². The number of rotatable bonds is 1. The highest BCUT2D eigenvalue weighted by molar-refractivity contribution is 4.78. The highest BCUT2D eigenvalue weighted by Gasteiger charge is 2.29. The van der Waals surface area contributed by atoms with Crippen LogP contribution in [0.25, 0.3) is 0 Å². The predicted octanol–water partition coefficient (Wildman–Crippen LogP) is -0.483. The molecule has 1 fully saturated rings. The summed E-state index contributed by atoms with van der Waals surface area (Å²) >= 11 is 0. The Morgan fingerprint density at radius 2 is 2.33 bits per heavy atom. The number of aliphatic hydroxyl groups is 2. The van der Waals surface area contributed by atoms with Crippen LogP contribution in [0, 0.1) is 0 Å². The van der Waals surface area contributed by atoms with Crippen LogP contribution in [0.4, 0.5) is 0 Å². The zero-order chi connectivity index (χ0) is 6.85. The lowest BCUT2D eigenvalue weighted by molar-refractivity contribution is -0.0371. The normalized spacial score (nSPS) is 39.0. The van der Waals surface area contributed by atoms with Gasteiger partial charge in [-0.2, -0.15) is 0 Å². The second-order valence-electron chi connectivity index (χ2n) is 2.43. The van der Waals surface area contributed by atoms with Crippen LogP contribution < -0.4 is 0 Å². The van der Waals surface area contributed by atoms with Crippen molar-refractivity contribution < 1.29 is 14.9 Å². The SMILES string of the molecule is CC(O)C1OCCC1O. The first-order valence-corrected chi connectivity index (χ1v) is 3.19. The van der Waals surface area contributed by atoms with E-state index in [0.29, 0.717) is 13.0 Å². The second kappa shape index (κ2) is 2.64. The van der Waals surface area contributed by atoms with Crippen molar-refractivity contribution in [3.63, 3.8) is 0 Å². The molecule has 2 N–H and O–H groups in total. The summed E-state index contributed by atoms with van der Waals surface area (Å²) in [5.41, 5.74) is 0. The van der Waals surface area contributed by atoms with Crippen LogP contribution in [0.5, 0.6) is 0 Å². The topological polar surface area (TPSA) is 49.7 Å². The van der Waals surface area contributed by atoms with Gasteiger partial charge in [-0.25, -0.2) is 0 Å². The summed E-state index contributed by atoms with van der Waals surface area (Å²) in [7, 11) is 0. The molecule has 1 rings (SSSR count). The van der Waals surface area contributed by atoms with Crippen molar-refractivity contribution in [3.05, 3.63) is 0 Å². The summed E-state index contributed by atoms with van der Waals surface area (Å²) in [5.74, 6) is 0. The van der Waals surface area contributed by atoms with Gasteiger partial charge in [0.15, 0.2) is 0 Å². The summed E-state index contributed by atoms with van der Waals surface area (Å²) in [5, 5.41) is 18.0. The molecule has 1 aliphatic heterocycles. The Labute approximate surface area is 54.3 Å². The Kier molecular flexibility index (Phi) is 2.05. The number of ether oxygens (including phenoxy) is 1. The van der Waals surface area contributed by atoms with Crippen molar-refractivity contribution in [2.45, 2.75) is 31.7 Å². The molecule has 0 bridgehead atoms. The fourth-order valence-corrected chi connectivity index (χ4v) is 1.06.